The summed E-state index contributed by atoms with van der Waals surface area (Å²) in [5.74, 6) is 1.59. The summed E-state index contributed by atoms with van der Waals surface area (Å²) in [4.78, 5) is 2.28. The van der Waals surface area contributed by atoms with Gasteiger partial charge in [0.1, 0.15) is 13.2 Å². The molecule has 0 unspecified atom stereocenters. The van der Waals surface area contributed by atoms with Crippen molar-refractivity contribution in [2.24, 2.45) is 0 Å². The SMILES string of the molecule is CCN(CC)S(=O)(=O)N1CCN(Cc2ccc3c(c2)OCCO3)CC1. The zero-order valence-electron chi connectivity index (χ0n) is 15.0. The van der Waals surface area contributed by atoms with Crippen molar-refractivity contribution >= 4 is 10.2 Å². The van der Waals surface area contributed by atoms with Gasteiger partial charge < -0.3 is 9.47 Å². The van der Waals surface area contributed by atoms with Gasteiger partial charge in [0.25, 0.3) is 10.2 Å². The smallest absolute Gasteiger partial charge is 0.282 e. The molecule has 0 aliphatic carbocycles. The van der Waals surface area contributed by atoms with Gasteiger partial charge in [-0.15, -0.1) is 0 Å². The predicted octanol–water partition coefficient (Wildman–Crippen LogP) is 1.16. The lowest BCUT2D eigenvalue weighted by Crippen LogP contribution is -2.52. The lowest BCUT2D eigenvalue weighted by molar-refractivity contribution is 0.167. The van der Waals surface area contributed by atoms with Crippen molar-refractivity contribution in [2.75, 3.05) is 52.5 Å². The van der Waals surface area contributed by atoms with Crippen LogP contribution in [-0.2, 0) is 16.8 Å². The molecule has 0 amide bonds. The molecule has 0 N–H and O–H groups in total. The molecule has 2 aliphatic rings. The van der Waals surface area contributed by atoms with Gasteiger partial charge in [0.2, 0.25) is 0 Å². The molecule has 1 fully saturated rings. The van der Waals surface area contributed by atoms with Crippen LogP contribution in [0.15, 0.2) is 18.2 Å². The van der Waals surface area contributed by atoms with Gasteiger partial charge in [-0.1, -0.05) is 19.9 Å². The first-order valence-electron chi connectivity index (χ1n) is 8.90. The molecule has 8 heteroatoms. The molecule has 0 aromatic heterocycles. The highest BCUT2D eigenvalue weighted by atomic mass is 32.2. The fourth-order valence-electron chi connectivity index (χ4n) is 3.28. The van der Waals surface area contributed by atoms with Gasteiger partial charge in [-0.25, -0.2) is 0 Å². The van der Waals surface area contributed by atoms with Crippen LogP contribution in [0.1, 0.15) is 19.4 Å². The van der Waals surface area contributed by atoms with Crippen LogP contribution >= 0.6 is 0 Å². The molecule has 2 heterocycles. The minimum Gasteiger partial charge on any atom is -0.486 e. The Bertz CT molecular complexity index is 683. The molecule has 0 spiro atoms. The Hall–Kier alpha value is -1.35. The number of fused-ring (bicyclic) bond motifs is 1. The van der Waals surface area contributed by atoms with E-state index in [2.05, 4.69) is 4.90 Å². The van der Waals surface area contributed by atoms with Crippen molar-refractivity contribution in [3.8, 4) is 11.5 Å². The van der Waals surface area contributed by atoms with Gasteiger partial charge in [-0.3, -0.25) is 4.90 Å². The Morgan fingerprint density at radius 2 is 1.64 bits per heavy atom. The minimum atomic E-state index is -3.33. The van der Waals surface area contributed by atoms with Crippen LogP contribution in [0.2, 0.25) is 0 Å². The maximum atomic E-state index is 12.6. The van der Waals surface area contributed by atoms with Crippen LogP contribution in [0, 0.1) is 0 Å². The topological polar surface area (TPSA) is 62.3 Å². The lowest BCUT2D eigenvalue weighted by atomic mass is 10.1. The molecule has 0 bridgehead atoms. The number of ether oxygens (including phenoxy) is 2. The van der Waals surface area contributed by atoms with E-state index in [1.807, 2.05) is 32.0 Å². The second-order valence-electron chi connectivity index (χ2n) is 6.25. The molecular formula is C17H27N3O4S. The third kappa shape index (κ3) is 4.08. The first-order chi connectivity index (χ1) is 12.0. The third-order valence-electron chi connectivity index (χ3n) is 4.70. The van der Waals surface area contributed by atoms with E-state index >= 15 is 0 Å². The van der Waals surface area contributed by atoms with Crippen LogP contribution < -0.4 is 9.47 Å². The van der Waals surface area contributed by atoms with Crippen molar-refractivity contribution in [3.05, 3.63) is 23.8 Å². The molecule has 1 saturated heterocycles. The summed E-state index contributed by atoms with van der Waals surface area (Å²) in [6.07, 6.45) is 0. The normalized spacial score (nSPS) is 19.3. The zero-order chi connectivity index (χ0) is 17.9. The second-order valence-corrected chi connectivity index (χ2v) is 8.17. The summed E-state index contributed by atoms with van der Waals surface area (Å²) in [7, 11) is -3.33. The van der Waals surface area contributed by atoms with Crippen LogP contribution in [-0.4, -0.2) is 74.4 Å². The van der Waals surface area contributed by atoms with E-state index in [1.165, 1.54) is 4.31 Å². The van der Waals surface area contributed by atoms with Crippen molar-refractivity contribution in [2.45, 2.75) is 20.4 Å². The number of nitrogens with zero attached hydrogens (tertiary/aromatic N) is 3. The molecule has 7 nitrogen and oxygen atoms in total. The van der Waals surface area contributed by atoms with E-state index in [4.69, 9.17) is 9.47 Å². The Morgan fingerprint density at radius 1 is 1.00 bits per heavy atom. The molecule has 0 atom stereocenters. The molecule has 0 radical (unpaired) electrons. The van der Waals surface area contributed by atoms with Crippen molar-refractivity contribution in [1.82, 2.24) is 13.5 Å². The maximum absolute atomic E-state index is 12.6. The van der Waals surface area contributed by atoms with Crippen LogP contribution in [0.5, 0.6) is 11.5 Å². The number of rotatable bonds is 6. The Labute approximate surface area is 150 Å². The summed E-state index contributed by atoms with van der Waals surface area (Å²) >= 11 is 0. The highest BCUT2D eigenvalue weighted by Crippen LogP contribution is 2.31. The van der Waals surface area contributed by atoms with E-state index in [-0.39, 0.29) is 0 Å². The predicted molar refractivity (Wildman–Crippen MR) is 96.1 cm³/mol. The first-order valence-corrected chi connectivity index (χ1v) is 10.3. The standard InChI is InChI=1S/C17H27N3O4S/c1-3-19(4-2)25(21,22)20-9-7-18(8-10-20)14-15-5-6-16-17(13-15)24-12-11-23-16/h5-6,13H,3-4,7-12,14H2,1-2H3. The number of piperazine rings is 1. The van der Waals surface area contributed by atoms with Gasteiger partial charge in [-0.2, -0.15) is 17.0 Å². The largest absolute Gasteiger partial charge is 0.486 e. The van der Waals surface area contributed by atoms with E-state index in [1.54, 1.807) is 4.31 Å². The van der Waals surface area contributed by atoms with Crippen molar-refractivity contribution < 1.29 is 17.9 Å². The first kappa shape index (κ1) is 18.4. The van der Waals surface area contributed by atoms with Crippen LogP contribution in [0.3, 0.4) is 0 Å². The molecule has 140 valence electrons. The number of hydrogen-bond donors (Lipinski definition) is 0. The van der Waals surface area contributed by atoms with E-state index in [0.717, 1.165) is 36.7 Å². The highest BCUT2D eigenvalue weighted by molar-refractivity contribution is 7.86. The summed E-state index contributed by atoms with van der Waals surface area (Å²) in [6.45, 7) is 9.25. The molecular weight excluding hydrogens is 342 g/mol. The third-order valence-corrected chi connectivity index (χ3v) is 6.89. The van der Waals surface area contributed by atoms with E-state index in [0.29, 0.717) is 39.4 Å². The van der Waals surface area contributed by atoms with Crippen LogP contribution in [0.25, 0.3) is 0 Å². The van der Waals surface area contributed by atoms with Crippen molar-refractivity contribution in [1.29, 1.82) is 0 Å². The van der Waals surface area contributed by atoms with Gasteiger partial charge in [-0.05, 0) is 17.7 Å². The monoisotopic (exact) mass is 369 g/mol. The average Bonchev–Trinajstić information content (AvgIpc) is 2.63. The fourth-order valence-corrected chi connectivity index (χ4v) is 4.88. The maximum Gasteiger partial charge on any atom is 0.282 e. The Morgan fingerprint density at radius 3 is 2.28 bits per heavy atom. The van der Waals surface area contributed by atoms with Gasteiger partial charge in [0.05, 0.1) is 0 Å². The molecule has 1 aromatic carbocycles. The molecule has 1 aromatic rings. The number of benzene rings is 1. The van der Waals surface area contributed by atoms with E-state index in [9.17, 15) is 8.42 Å². The minimum absolute atomic E-state index is 0.510. The summed E-state index contributed by atoms with van der Waals surface area (Å²) in [5.41, 5.74) is 1.16. The molecule has 25 heavy (non-hydrogen) atoms. The zero-order valence-corrected chi connectivity index (χ0v) is 15.8. The fraction of sp³-hybridized carbons (Fsp3) is 0.647. The van der Waals surface area contributed by atoms with Gasteiger partial charge >= 0.3 is 0 Å². The number of hydrogen-bond acceptors (Lipinski definition) is 5. The van der Waals surface area contributed by atoms with Gasteiger partial charge in [0.15, 0.2) is 11.5 Å². The highest BCUT2D eigenvalue weighted by Gasteiger charge is 2.30. The average molecular weight is 369 g/mol. The van der Waals surface area contributed by atoms with Crippen LogP contribution in [0.4, 0.5) is 0 Å². The molecule has 3 rings (SSSR count). The Balaban J connectivity index is 1.58. The van der Waals surface area contributed by atoms with Gasteiger partial charge in [0, 0.05) is 45.8 Å². The molecule has 2 aliphatic heterocycles. The second kappa shape index (κ2) is 7.90. The summed E-state index contributed by atoms with van der Waals surface area (Å²) in [6, 6.07) is 6.02. The quantitative estimate of drug-likeness (QED) is 0.753. The van der Waals surface area contributed by atoms with Crippen molar-refractivity contribution in [3.63, 3.8) is 0 Å². The molecule has 0 saturated carbocycles. The summed E-state index contributed by atoms with van der Waals surface area (Å²) < 4.78 is 39.4. The summed E-state index contributed by atoms with van der Waals surface area (Å²) in [5, 5.41) is 0. The lowest BCUT2D eigenvalue weighted by Gasteiger charge is -2.36. The van der Waals surface area contributed by atoms with E-state index < -0.39 is 10.2 Å². The Kier molecular flexibility index (Phi) is 5.83.